The molecule has 254 valence electrons. The van der Waals surface area contributed by atoms with E-state index in [0.717, 1.165) is 26.4 Å². The Bertz CT molecular complexity index is 1150. The Morgan fingerprint density at radius 2 is 1.62 bits per heavy atom. The van der Waals surface area contributed by atoms with Gasteiger partial charge in [0.1, 0.15) is 0 Å². The van der Waals surface area contributed by atoms with E-state index in [-0.39, 0.29) is 30.3 Å². The molecule has 6 saturated heterocycles. The highest BCUT2D eigenvalue weighted by molar-refractivity contribution is 5.77. The van der Waals surface area contributed by atoms with Crippen molar-refractivity contribution < 1.29 is 71.5 Å². The van der Waals surface area contributed by atoms with Gasteiger partial charge >= 0.3 is 17.9 Å². The second kappa shape index (κ2) is 12.3. The van der Waals surface area contributed by atoms with Crippen molar-refractivity contribution in [2.45, 2.75) is 128 Å². The molecular formula is C30H44O15. The van der Waals surface area contributed by atoms with Crippen molar-refractivity contribution >= 4 is 17.9 Å². The van der Waals surface area contributed by atoms with Gasteiger partial charge in [-0.15, -0.1) is 0 Å². The normalized spacial score (nSPS) is 48.5. The number of carbonyl (C=O) groups excluding carboxylic acids is 3. The van der Waals surface area contributed by atoms with Crippen LogP contribution in [0.15, 0.2) is 0 Å². The molecule has 0 aromatic rings. The fraction of sp³-hybridized carbons (Fsp3) is 0.900. The SMILES string of the molecule is CCO[C@H]1O[C@@H]2O[C@@]3(C)CC[C@H]4[C@H](COC5(C)OC6O[C@@H](C(=O)OC)[C@H](OC(C)=O)[C@@H](OC(C)=O)C6O5)CC[C@@H]([C@H]1C)[C@@]24OO3. The number of rotatable bonds is 8. The summed E-state index contributed by atoms with van der Waals surface area (Å²) in [6.45, 7) is 10.5. The molecule has 0 N–H and O–H groups in total. The minimum absolute atomic E-state index is 0.0238. The molecule has 2 bridgehead atoms. The monoisotopic (exact) mass is 644 g/mol. The van der Waals surface area contributed by atoms with Crippen LogP contribution in [-0.2, 0) is 71.5 Å². The van der Waals surface area contributed by atoms with Crippen molar-refractivity contribution in [3.05, 3.63) is 0 Å². The molecule has 1 aliphatic carbocycles. The summed E-state index contributed by atoms with van der Waals surface area (Å²) in [5.41, 5.74) is -0.865. The maximum atomic E-state index is 12.6. The molecule has 45 heavy (non-hydrogen) atoms. The average Bonchev–Trinajstić information content (AvgIpc) is 3.16. The smallest absolute Gasteiger partial charge is 0.339 e. The van der Waals surface area contributed by atoms with Gasteiger partial charge in [0.05, 0.1) is 13.7 Å². The summed E-state index contributed by atoms with van der Waals surface area (Å²) < 4.78 is 59.0. The van der Waals surface area contributed by atoms with Gasteiger partial charge in [0.25, 0.3) is 5.97 Å². The van der Waals surface area contributed by atoms with Gasteiger partial charge in [-0.25, -0.2) is 14.6 Å². The summed E-state index contributed by atoms with van der Waals surface area (Å²) >= 11 is 0. The van der Waals surface area contributed by atoms with Crippen LogP contribution in [0.25, 0.3) is 0 Å². The first kappa shape index (κ1) is 33.0. The molecule has 15 heteroatoms. The van der Waals surface area contributed by atoms with E-state index in [4.69, 9.17) is 57.1 Å². The number of hydrogen-bond donors (Lipinski definition) is 0. The zero-order valence-corrected chi connectivity index (χ0v) is 26.7. The van der Waals surface area contributed by atoms with Gasteiger partial charge in [-0.05, 0) is 39.0 Å². The van der Waals surface area contributed by atoms with Crippen molar-refractivity contribution in [1.29, 1.82) is 0 Å². The summed E-state index contributed by atoms with van der Waals surface area (Å²) in [5, 5.41) is 0. The van der Waals surface area contributed by atoms with Crippen molar-refractivity contribution in [2.24, 2.45) is 23.7 Å². The first-order valence-corrected chi connectivity index (χ1v) is 15.7. The quantitative estimate of drug-likeness (QED) is 0.214. The van der Waals surface area contributed by atoms with Gasteiger partial charge in [-0.3, -0.25) is 14.3 Å². The zero-order valence-electron chi connectivity index (χ0n) is 26.7. The lowest BCUT2D eigenvalue weighted by molar-refractivity contribution is -0.577. The minimum atomic E-state index is -1.66. The molecule has 0 radical (unpaired) electrons. The van der Waals surface area contributed by atoms with Crippen molar-refractivity contribution in [3.8, 4) is 0 Å². The molecule has 7 rings (SSSR count). The minimum Gasteiger partial charge on any atom is -0.467 e. The van der Waals surface area contributed by atoms with E-state index < -0.39 is 78.6 Å². The number of carbonyl (C=O) groups is 3. The number of hydrogen-bond acceptors (Lipinski definition) is 15. The first-order valence-electron chi connectivity index (χ1n) is 15.7. The summed E-state index contributed by atoms with van der Waals surface area (Å²) in [5.74, 6) is -4.83. The fourth-order valence-corrected chi connectivity index (χ4v) is 8.05. The zero-order chi connectivity index (χ0) is 32.3. The first-order chi connectivity index (χ1) is 21.3. The molecule has 0 amide bonds. The van der Waals surface area contributed by atoms with Crippen LogP contribution in [0.2, 0.25) is 0 Å². The maximum absolute atomic E-state index is 12.6. The van der Waals surface area contributed by atoms with Gasteiger partial charge in [0.2, 0.25) is 5.79 Å². The highest BCUT2D eigenvalue weighted by atomic mass is 17.3. The number of esters is 3. The predicted molar refractivity (Wildman–Crippen MR) is 145 cm³/mol. The third kappa shape index (κ3) is 5.78. The van der Waals surface area contributed by atoms with Crippen LogP contribution < -0.4 is 0 Å². The summed E-state index contributed by atoms with van der Waals surface area (Å²) in [7, 11) is 1.16. The molecule has 1 saturated carbocycles. The topological polar surface area (TPSA) is 162 Å². The Morgan fingerprint density at radius 1 is 0.889 bits per heavy atom. The Morgan fingerprint density at radius 3 is 2.31 bits per heavy atom. The Balaban J connectivity index is 1.21. The van der Waals surface area contributed by atoms with Gasteiger partial charge in [-0.1, -0.05) is 6.92 Å². The molecule has 7 fully saturated rings. The van der Waals surface area contributed by atoms with E-state index in [1.165, 1.54) is 13.8 Å². The molecule has 6 aliphatic heterocycles. The van der Waals surface area contributed by atoms with Gasteiger partial charge in [-0.2, -0.15) is 0 Å². The maximum Gasteiger partial charge on any atom is 0.339 e. The van der Waals surface area contributed by atoms with Crippen LogP contribution in [0.3, 0.4) is 0 Å². The van der Waals surface area contributed by atoms with Crippen molar-refractivity contribution in [1.82, 2.24) is 0 Å². The van der Waals surface area contributed by atoms with E-state index in [0.29, 0.717) is 13.0 Å². The standard InChI is InChI=1S/C30H44O15/c1-8-35-25-14(2)18-10-9-17(19-11-12-28(5)43-27(40-25)30(18,19)45-44-28)13-36-29(6)41-23-21(38-16(4)32)20(37-15(3)31)22(24(33)34-7)39-26(23)42-29/h14,17-23,25-27H,8-13H2,1-7H3/t14-,17+,18+,19+,20-,21-,22-,23?,25+,26?,27-,28-,29?,30+/m1/s1. The molecule has 7 aliphatic rings. The van der Waals surface area contributed by atoms with Gasteiger partial charge in [0, 0.05) is 51.6 Å². The highest BCUT2D eigenvalue weighted by Gasteiger charge is 2.70. The molecule has 3 unspecified atom stereocenters. The van der Waals surface area contributed by atoms with Crippen LogP contribution in [0.4, 0.5) is 0 Å². The Labute approximate surface area is 261 Å². The molecule has 6 heterocycles. The van der Waals surface area contributed by atoms with E-state index in [1.807, 2.05) is 13.8 Å². The number of ether oxygens (including phenoxy) is 10. The van der Waals surface area contributed by atoms with Crippen molar-refractivity contribution in [3.63, 3.8) is 0 Å². The van der Waals surface area contributed by atoms with Crippen LogP contribution in [0.1, 0.15) is 67.2 Å². The molecule has 15 nitrogen and oxygen atoms in total. The van der Waals surface area contributed by atoms with Crippen molar-refractivity contribution in [2.75, 3.05) is 20.3 Å². The van der Waals surface area contributed by atoms with E-state index in [9.17, 15) is 14.4 Å². The third-order valence-electron chi connectivity index (χ3n) is 10.00. The lowest BCUT2D eigenvalue weighted by Gasteiger charge is -2.60. The van der Waals surface area contributed by atoms with Crippen LogP contribution in [0, 0.1) is 23.7 Å². The average molecular weight is 645 g/mol. The Hall–Kier alpha value is -1.95. The summed E-state index contributed by atoms with van der Waals surface area (Å²) in [4.78, 5) is 48.9. The van der Waals surface area contributed by atoms with Gasteiger partial charge < -0.3 is 42.6 Å². The Kier molecular flexibility index (Phi) is 8.98. The third-order valence-corrected chi connectivity index (χ3v) is 10.00. The number of fused-ring (bicyclic) bond motifs is 3. The second-order valence-corrected chi connectivity index (χ2v) is 13.0. The molecule has 1 spiro atoms. The lowest BCUT2D eigenvalue weighted by atomic mass is 9.58. The number of methoxy groups -OCH3 is 1. The van der Waals surface area contributed by atoms with Crippen LogP contribution in [0.5, 0.6) is 0 Å². The highest BCUT2D eigenvalue weighted by Crippen LogP contribution is 2.61. The lowest BCUT2D eigenvalue weighted by Crippen LogP contribution is -2.71. The predicted octanol–water partition coefficient (Wildman–Crippen LogP) is 2.08. The van der Waals surface area contributed by atoms with Crippen LogP contribution >= 0.6 is 0 Å². The van der Waals surface area contributed by atoms with E-state index in [1.54, 1.807) is 6.92 Å². The van der Waals surface area contributed by atoms with Crippen LogP contribution in [-0.4, -0.2) is 98.9 Å². The molecular weight excluding hydrogens is 600 g/mol. The fourth-order valence-electron chi connectivity index (χ4n) is 8.05. The molecule has 0 aromatic carbocycles. The summed E-state index contributed by atoms with van der Waals surface area (Å²) in [6.07, 6.45) is -4.45. The molecule has 14 atom stereocenters. The molecule has 0 aromatic heterocycles. The second-order valence-electron chi connectivity index (χ2n) is 13.0. The largest absolute Gasteiger partial charge is 0.467 e. The van der Waals surface area contributed by atoms with E-state index in [2.05, 4.69) is 6.92 Å². The van der Waals surface area contributed by atoms with Gasteiger partial charge in [0.15, 0.2) is 48.9 Å². The summed E-state index contributed by atoms with van der Waals surface area (Å²) in [6, 6.07) is 0. The van der Waals surface area contributed by atoms with E-state index >= 15 is 0 Å².